The van der Waals surface area contributed by atoms with Crippen molar-refractivity contribution in [2.45, 2.75) is 26.3 Å². The molecule has 0 radical (unpaired) electrons. The standard InChI is InChI=1S/C14H19N3O2S/c1-14(2,3)17-11(18)9-16-13(19)12-10(5-4-7-15)6-8-20-12/h6,8H,7,9,15H2,1-3H3,(H,16,19)(H,17,18). The summed E-state index contributed by atoms with van der Waals surface area (Å²) in [7, 11) is 0. The minimum Gasteiger partial charge on any atom is -0.350 e. The Morgan fingerprint density at radius 2 is 2.10 bits per heavy atom. The van der Waals surface area contributed by atoms with Crippen LogP contribution in [0.3, 0.4) is 0 Å². The Kier molecular flexibility index (Phi) is 5.74. The van der Waals surface area contributed by atoms with Gasteiger partial charge < -0.3 is 16.4 Å². The highest BCUT2D eigenvalue weighted by Gasteiger charge is 2.16. The van der Waals surface area contributed by atoms with Crippen LogP contribution in [0.25, 0.3) is 0 Å². The van der Waals surface area contributed by atoms with E-state index in [9.17, 15) is 9.59 Å². The van der Waals surface area contributed by atoms with Gasteiger partial charge in [-0.1, -0.05) is 11.8 Å². The van der Waals surface area contributed by atoms with Gasteiger partial charge in [-0.2, -0.15) is 0 Å². The predicted molar refractivity (Wildman–Crippen MR) is 80.5 cm³/mol. The Morgan fingerprint density at radius 3 is 2.70 bits per heavy atom. The van der Waals surface area contributed by atoms with Crippen molar-refractivity contribution in [3.05, 3.63) is 21.9 Å². The number of thiophene rings is 1. The maximum atomic E-state index is 12.0. The first-order chi connectivity index (χ1) is 9.33. The van der Waals surface area contributed by atoms with Gasteiger partial charge in [-0.25, -0.2) is 0 Å². The van der Waals surface area contributed by atoms with Gasteiger partial charge in [0.2, 0.25) is 5.91 Å². The summed E-state index contributed by atoms with van der Waals surface area (Å²) >= 11 is 1.29. The number of carbonyl (C=O) groups excluding carboxylic acids is 2. The fraction of sp³-hybridized carbons (Fsp3) is 0.429. The van der Waals surface area contributed by atoms with Crippen LogP contribution in [-0.4, -0.2) is 30.4 Å². The van der Waals surface area contributed by atoms with Crippen LogP contribution < -0.4 is 16.4 Å². The lowest BCUT2D eigenvalue weighted by atomic mass is 10.1. The first kappa shape index (κ1) is 16.2. The van der Waals surface area contributed by atoms with Crippen molar-refractivity contribution in [1.29, 1.82) is 0 Å². The fourth-order valence-electron chi connectivity index (χ4n) is 1.43. The second-order valence-electron chi connectivity index (χ2n) is 5.15. The average molecular weight is 293 g/mol. The molecule has 0 bridgehead atoms. The summed E-state index contributed by atoms with van der Waals surface area (Å²) < 4.78 is 0. The van der Waals surface area contributed by atoms with Crippen molar-refractivity contribution in [3.8, 4) is 11.8 Å². The normalized spacial score (nSPS) is 10.4. The van der Waals surface area contributed by atoms with E-state index in [1.165, 1.54) is 11.3 Å². The quantitative estimate of drug-likeness (QED) is 0.717. The molecule has 0 aliphatic rings. The lowest BCUT2D eigenvalue weighted by molar-refractivity contribution is -0.121. The Morgan fingerprint density at radius 1 is 1.40 bits per heavy atom. The van der Waals surface area contributed by atoms with E-state index in [0.29, 0.717) is 10.4 Å². The molecule has 0 saturated carbocycles. The number of nitrogens with two attached hydrogens (primary N) is 1. The summed E-state index contributed by atoms with van der Waals surface area (Å²) in [6.07, 6.45) is 0. The molecule has 20 heavy (non-hydrogen) atoms. The Bertz CT molecular complexity index is 547. The topological polar surface area (TPSA) is 84.2 Å². The summed E-state index contributed by atoms with van der Waals surface area (Å²) in [4.78, 5) is 24.1. The van der Waals surface area contributed by atoms with Gasteiger partial charge in [0.15, 0.2) is 0 Å². The van der Waals surface area contributed by atoms with Crippen LogP contribution in [0.5, 0.6) is 0 Å². The number of hydrogen-bond donors (Lipinski definition) is 3. The first-order valence-corrected chi connectivity index (χ1v) is 7.07. The molecule has 2 amide bonds. The number of carbonyl (C=O) groups is 2. The number of amides is 2. The van der Waals surface area contributed by atoms with E-state index in [0.717, 1.165) is 0 Å². The van der Waals surface area contributed by atoms with Crippen LogP contribution in [0.1, 0.15) is 36.0 Å². The van der Waals surface area contributed by atoms with E-state index in [2.05, 4.69) is 22.5 Å². The lowest BCUT2D eigenvalue weighted by Crippen LogP contribution is -2.45. The van der Waals surface area contributed by atoms with Gasteiger partial charge in [-0.15, -0.1) is 11.3 Å². The molecule has 1 rings (SSSR count). The van der Waals surface area contributed by atoms with E-state index in [4.69, 9.17) is 5.73 Å². The largest absolute Gasteiger partial charge is 0.350 e. The molecule has 0 saturated heterocycles. The van der Waals surface area contributed by atoms with Crippen LogP contribution in [0.2, 0.25) is 0 Å². The third-order valence-electron chi connectivity index (χ3n) is 2.12. The molecule has 108 valence electrons. The molecule has 1 heterocycles. The van der Waals surface area contributed by atoms with Crippen molar-refractivity contribution in [3.63, 3.8) is 0 Å². The monoisotopic (exact) mass is 293 g/mol. The molecule has 1 aromatic heterocycles. The van der Waals surface area contributed by atoms with Crippen LogP contribution in [0.15, 0.2) is 11.4 Å². The summed E-state index contributed by atoms with van der Waals surface area (Å²) in [5.41, 5.74) is 5.62. The number of hydrogen-bond acceptors (Lipinski definition) is 4. The summed E-state index contributed by atoms with van der Waals surface area (Å²) in [5, 5.41) is 7.14. The summed E-state index contributed by atoms with van der Waals surface area (Å²) in [5.74, 6) is 5.02. The zero-order chi connectivity index (χ0) is 15.2. The van der Waals surface area contributed by atoms with Gasteiger partial charge in [0.25, 0.3) is 5.91 Å². The highest BCUT2D eigenvalue weighted by molar-refractivity contribution is 7.12. The van der Waals surface area contributed by atoms with Crippen molar-refractivity contribution >= 4 is 23.2 Å². The molecule has 1 aromatic rings. The zero-order valence-corrected chi connectivity index (χ0v) is 12.7. The van der Waals surface area contributed by atoms with Crippen LogP contribution in [0, 0.1) is 11.8 Å². The summed E-state index contributed by atoms with van der Waals surface area (Å²) in [6, 6.07) is 1.76. The SMILES string of the molecule is CC(C)(C)NC(=O)CNC(=O)c1sccc1C#CCN. The van der Waals surface area contributed by atoms with Crippen LogP contribution >= 0.6 is 11.3 Å². The smallest absolute Gasteiger partial charge is 0.263 e. The molecule has 0 atom stereocenters. The third-order valence-corrected chi connectivity index (χ3v) is 3.03. The van der Waals surface area contributed by atoms with Gasteiger partial charge in [-0.05, 0) is 32.2 Å². The Labute approximate surface area is 122 Å². The van der Waals surface area contributed by atoms with E-state index in [1.54, 1.807) is 11.4 Å². The van der Waals surface area contributed by atoms with Crippen LogP contribution in [0.4, 0.5) is 0 Å². The Hall–Kier alpha value is -1.84. The van der Waals surface area contributed by atoms with E-state index in [-0.39, 0.29) is 30.4 Å². The van der Waals surface area contributed by atoms with E-state index >= 15 is 0 Å². The first-order valence-electron chi connectivity index (χ1n) is 6.19. The second-order valence-corrected chi connectivity index (χ2v) is 6.07. The van der Waals surface area contributed by atoms with Crippen molar-refractivity contribution < 1.29 is 9.59 Å². The number of rotatable bonds is 3. The summed E-state index contributed by atoms with van der Waals surface area (Å²) in [6.45, 7) is 5.83. The number of nitrogens with one attached hydrogen (secondary N) is 2. The lowest BCUT2D eigenvalue weighted by Gasteiger charge is -2.20. The molecule has 0 aliphatic heterocycles. The molecule has 0 fully saturated rings. The van der Waals surface area contributed by atoms with Crippen molar-refractivity contribution in [2.24, 2.45) is 5.73 Å². The molecule has 5 nitrogen and oxygen atoms in total. The van der Waals surface area contributed by atoms with E-state index in [1.807, 2.05) is 20.8 Å². The molecule has 4 N–H and O–H groups in total. The van der Waals surface area contributed by atoms with Gasteiger partial charge in [-0.3, -0.25) is 9.59 Å². The van der Waals surface area contributed by atoms with Gasteiger partial charge in [0.1, 0.15) is 4.88 Å². The van der Waals surface area contributed by atoms with Gasteiger partial charge in [0.05, 0.1) is 13.1 Å². The Balaban J connectivity index is 2.60. The second kappa shape index (κ2) is 7.08. The predicted octanol–water partition coefficient (Wildman–Crippen LogP) is 0.703. The molecular formula is C14H19N3O2S. The fourth-order valence-corrected chi connectivity index (χ4v) is 2.20. The third kappa shape index (κ3) is 5.43. The highest BCUT2D eigenvalue weighted by Crippen LogP contribution is 2.15. The van der Waals surface area contributed by atoms with Gasteiger partial charge in [0, 0.05) is 11.1 Å². The molecule has 0 unspecified atom stereocenters. The maximum absolute atomic E-state index is 12.0. The molecule has 0 aliphatic carbocycles. The van der Waals surface area contributed by atoms with Crippen molar-refractivity contribution in [2.75, 3.05) is 13.1 Å². The van der Waals surface area contributed by atoms with Crippen molar-refractivity contribution in [1.82, 2.24) is 10.6 Å². The zero-order valence-electron chi connectivity index (χ0n) is 11.9. The molecule has 0 spiro atoms. The van der Waals surface area contributed by atoms with E-state index < -0.39 is 0 Å². The van der Waals surface area contributed by atoms with Gasteiger partial charge >= 0.3 is 0 Å². The minimum atomic E-state index is -0.317. The average Bonchev–Trinajstić information content (AvgIpc) is 2.79. The highest BCUT2D eigenvalue weighted by atomic mass is 32.1. The maximum Gasteiger partial charge on any atom is 0.263 e. The minimum absolute atomic E-state index is 0.0578. The van der Waals surface area contributed by atoms with Crippen LogP contribution in [-0.2, 0) is 4.79 Å². The molecular weight excluding hydrogens is 274 g/mol. The molecule has 6 heteroatoms. The molecule has 0 aromatic carbocycles.